The lowest BCUT2D eigenvalue weighted by atomic mass is 9.85. The van der Waals surface area contributed by atoms with Crippen molar-refractivity contribution in [3.05, 3.63) is 35.9 Å². The van der Waals surface area contributed by atoms with E-state index >= 15 is 0 Å². The summed E-state index contributed by atoms with van der Waals surface area (Å²) in [5.74, 6) is -2.84. The zero-order valence-corrected chi connectivity index (χ0v) is 16.3. The van der Waals surface area contributed by atoms with E-state index in [4.69, 9.17) is 9.47 Å². The van der Waals surface area contributed by atoms with Crippen molar-refractivity contribution in [1.29, 1.82) is 0 Å². The number of rotatable bonds is 5. The molecule has 1 aliphatic carbocycles. The average molecular weight is 412 g/mol. The predicted molar refractivity (Wildman–Crippen MR) is 103 cm³/mol. The zero-order valence-electron chi connectivity index (χ0n) is 16.3. The highest BCUT2D eigenvalue weighted by molar-refractivity contribution is 6.08. The fraction of sp³-hybridized carbons (Fsp3) is 0.381. The number of carbonyl (C=O) groups is 5. The van der Waals surface area contributed by atoms with Crippen LogP contribution < -0.4 is 10.1 Å². The zero-order chi connectivity index (χ0) is 21.4. The van der Waals surface area contributed by atoms with Crippen LogP contribution in [0.4, 0.5) is 5.69 Å². The Bertz CT molecular complexity index is 958. The van der Waals surface area contributed by atoms with Crippen molar-refractivity contribution in [3.8, 4) is 5.75 Å². The SMILES string of the molecule is C[C@@H](C(=O)OCC(=O)c1ccc2c(c1)NC(=O)CO2)N1C(=O)[C@@H]2CC=CC[C@H]2C1=O. The molecule has 0 spiro atoms. The number of fused-ring (bicyclic) bond motifs is 2. The number of anilines is 1. The van der Waals surface area contributed by atoms with Gasteiger partial charge in [0.25, 0.3) is 5.91 Å². The van der Waals surface area contributed by atoms with E-state index in [-0.39, 0.29) is 29.9 Å². The fourth-order valence-corrected chi connectivity index (χ4v) is 3.91. The Morgan fingerprint density at radius 3 is 2.50 bits per heavy atom. The molecule has 1 saturated heterocycles. The van der Waals surface area contributed by atoms with Gasteiger partial charge in [-0.25, -0.2) is 4.79 Å². The molecule has 2 aliphatic heterocycles. The Hall–Kier alpha value is -3.49. The quantitative estimate of drug-likeness (QED) is 0.333. The average Bonchev–Trinajstić information content (AvgIpc) is 3.01. The van der Waals surface area contributed by atoms with Crippen molar-refractivity contribution < 1.29 is 33.4 Å². The minimum absolute atomic E-state index is 0.0957. The summed E-state index contributed by atoms with van der Waals surface area (Å²) >= 11 is 0. The number of esters is 1. The second kappa shape index (κ2) is 7.74. The van der Waals surface area contributed by atoms with Gasteiger partial charge in [-0.3, -0.25) is 24.1 Å². The van der Waals surface area contributed by atoms with Crippen molar-refractivity contribution in [2.75, 3.05) is 18.5 Å². The molecule has 3 amide bonds. The Morgan fingerprint density at radius 2 is 1.83 bits per heavy atom. The van der Waals surface area contributed by atoms with E-state index in [1.54, 1.807) is 6.07 Å². The number of nitrogens with zero attached hydrogens (tertiary/aromatic N) is 1. The van der Waals surface area contributed by atoms with Gasteiger partial charge in [-0.05, 0) is 38.0 Å². The number of nitrogens with one attached hydrogen (secondary N) is 1. The largest absolute Gasteiger partial charge is 0.482 e. The van der Waals surface area contributed by atoms with E-state index in [1.807, 2.05) is 12.2 Å². The maximum Gasteiger partial charge on any atom is 0.329 e. The first-order valence-corrected chi connectivity index (χ1v) is 9.65. The van der Waals surface area contributed by atoms with Gasteiger partial charge in [-0.15, -0.1) is 0 Å². The molecule has 30 heavy (non-hydrogen) atoms. The van der Waals surface area contributed by atoms with E-state index in [2.05, 4.69) is 5.32 Å². The summed E-state index contributed by atoms with van der Waals surface area (Å²) in [6.07, 6.45) is 4.68. The van der Waals surface area contributed by atoms with Crippen molar-refractivity contribution >= 4 is 35.2 Å². The molecule has 0 radical (unpaired) electrons. The van der Waals surface area contributed by atoms with Crippen LogP contribution in [0.1, 0.15) is 30.1 Å². The molecule has 0 unspecified atom stereocenters. The number of likely N-dealkylation sites (tertiary alicyclic amines) is 1. The standard InChI is InChI=1S/C21H20N2O7/c1-11(23-19(26)13-4-2-3-5-14(13)20(23)27)21(28)30-9-16(24)12-6-7-17-15(8-12)22-18(25)10-29-17/h2-3,6-8,11,13-14H,4-5,9-10H2,1H3,(H,22,25)/t11-,13+,14+/m0/s1. The Morgan fingerprint density at radius 1 is 1.17 bits per heavy atom. The van der Waals surface area contributed by atoms with E-state index in [9.17, 15) is 24.0 Å². The molecular formula is C21H20N2O7. The maximum atomic E-state index is 12.6. The Kier molecular flexibility index (Phi) is 5.11. The number of hydrogen-bond donors (Lipinski definition) is 1. The number of ketones is 1. The Labute approximate surface area is 172 Å². The highest BCUT2D eigenvalue weighted by Crippen LogP contribution is 2.36. The second-order valence-corrected chi connectivity index (χ2v) is 7.46. The van der Waals surface area contributed by atoms with E-state index in [1.165, 1.54) is 19.1 Å². The molecule has 9 heteroatoms. The molecule has 0 bridgehead atoms. The molecule has 1 aromatic carbocycles. The van der Waals surface area contributed by atoms with Crippen molar-refractivity contribution in [2.45, 2.75) is 25.8 Å². The molecule has 0 saturated carbocycles. The minimum Gasteiger partial charge on any atom is -0.482 e. The molecule has 2 heterocycles. The molecular weight excluding hydrogens is 392 g/mol. The summed E-state index contributed by atoms with van der Waals surface area (Å²) in [6.45, 7) is 0.766. The van der Waals surface area contributed by atoms with Gasteiger partial charge in [0.05, 0.1) is 17.5 Å². The van der Waals surface area contributed by atoms with Gasteiger partial charge >= 0.3 is 5.97 Å². The summed E-state index contributed by atoms with van der Waals surface area (Å²) in [4.78, 5) is 62.3. The smallest absolute Gasteiger partial charge is 0.329 e. The summed E-state index contributed by atoms with van der Waals surface area (Å²) in [5, 5.41) is 2.60. The van der Waals surface area contributed by atoms with Crippen LogP contribution in [0.5, 0.6) is 5.75 Å². The molecule has 1 N–H and O–H groups in total. The van der Waals surface area contributed by atoms with Gasteiger partial charge in [0.15, 0.2) is 19.0 Å². The van der Waals surface area contributed by atoms with Gasteiger partial charge in [0.2, 0.25) is 11.8 Å². The van der Waals surface area contributed by atoms with Crippen LogP contribution in [-0.4, -0.2) is 53.6 Å². The van der Waals surface area contributed by atoms with Gasteiger partial charge in [-0.2, -0.15) is 0 Å². The highest BCUT2D eigenvalue weighted by atomic mass is 16.5. The summed E-state index contributed by atoms with van der Waals surface area (Å²) in [6, 6.07) is 3.38. The third-order valence-corrected chi connectivity index (χ3v) is 5.55. The Balaban J connectivity index is 1.38. The third kappa shape index (κ3) is 3.47. The lowest BCUT2D eigenvalue weighted by molar-refractivity contribution is -0.157. The predicted octanol–water partition coefficient (Wildman–Crippen LogP) is 1.08. The number of benzene rings is 1. The first-order chi connectivity index (χ1) is 14.4. The topological polar surface area (TPSA) is 119 Å². The fourth-order valence-electron chi connectivity index (χ4n) is 3.91. The highest BCUT2D eigenvalue weighted by Gasteiger charge is 2.50. The van der Waals surface area contributed by atoms with Crippen LogP contribution in [-0.2, 0) is 23.9 Å². The summed E-state index contributed by atoms with van der Waals surface area (Å²) in [7, 11) is 0. The van der Waals surface area contributed by atoms with Crippen LogP contribution in [0.2, 0.25) is 0 Å². The van der Waals surface area contributed by atoms with E-state index < -0.39 is 36.2 Å². The van der Waals surface area contributed by atoms with E-state index in [0.29, 0.717) is 24.3 Å². The van der Waals surface area contributed by atoms with Crippen LogP contribution in [0.15, 0.2) is 30.4 Å². The van der Waals surface area contributed by atoms with Gasteiger partial charge < -0.3 is 14.8 Å². The van der Waals surface area contributed by atoms with Crippen LogP contribution in [0, 0.1) is 11.8 Å². The lowest BCUT2D eigenvalue weighted by Gasteiger charge is -2.21. The van der Waals surface area contributed by atoms with Crippen molar-refractivity contribution in [3.63, 3.8) is 0 Å². The number of hydrogen-bond acceptors (Lipinski definition) is 7. The van der Waals surface area contributed by atoms with Gasteiger partial charge in [0.1, 0.15) is 11.8 Å². The van der Waals surface area contributed by atoms with Crippen LogP contribution in [0.3, 0.4) is 0 Å². The normalized spacial score (nSPS) is 23.2. The number of amides is 3. The summed E-state index contributed by atoms with van der Waals surface area (Å²) < 4.78 is 10.3. The molecule has 1 fully saturated rings. The number of Topliss-reactive ketones (excluding diaryl/α,β-unsaturated/α-hetero) is 1. The third-order valence-electron chi connectivity index (χ3n) is 5.55. The second-order valence-electron chi connectivity index (χ2n) is 7.46. The molecule has 9 nitrogen and oxygen atoms in total. The maximum absolute atomic E-state index is 12.6. The van der Waals surface area contributed by atoms with E-state index in [0.717, 1.165) is 4.90 Å². The molecule has 1 aromatic rings. The van der Waals surface area contributed by atoms with Crippen molar-refractivity contribution in [1.82, 2.24) is 4.90 Å². The summed E-state index contributed by atoms with van der Waals surface area (Å²) in [5.41, 5.74) is 0.590. The number of allylic oxidation sites excluding steroid dienone is 2. The first-order valence-electron chi connectivity index (χ1n) is 9.65. The van der Waals surface area contributed by atoms with Crippen molar-refractivity contribution in [2.24, 2.45) is 11.8 Å². The number of ether oxygens (including phenoxy) is 2. The monoisotopic (exact) mass is 412 g/mol. The molecule has 4 rings (SSSR count). The van der Waals surface area contributed by atoms with Crippen LogP contribution in [0.25, 0.3) is 0 Å². The molecule has 3 aliphatic rings. The van der Waals surface area contributed by atoms with Gasteiger partial charge in [-0.1, -0.05) is 12.2 Å². The lowest BCUT2D eigenvalue weighted by Crippen LogP contribution is -2.44. The van der Waals surface area contributed by atoms with Crippen LogP contribution >= 0.6 is 0 Å². The first kappa shape index (κ1) is 19.8. The molecule has 0 aromatic heterocycles. The van der Waals surface area contributed by atoms with Gasteiger partial charge in [0, 0.05) is 5.56 Å². The number of carbonyl (C=O) groups excluding carboxylic acids is 5. The number of imide groups is 1. The molecule has 156 valence electrons. The minimum atomic E-state index is -1.11. The molecule has 3 atom stereocenters.